The number of nitrogens with zero attached hydrogens (tertiary/aromatic N) is 6. The smallest absolute Gasteiger partial charge is 0.407 e. The topological polar surface area (TPSA) is 179 Å². The molecule has 10 rings (SSSR count). The van der Waals surface area contributed by atoms with Gasteiger partial charge in [-0.05, 0) is 97.3 Å². The maximum atomic E-state index is 13.9. The highest BCUT2D eigenvalue weighted by atomic mass is 16.4. The van der Waals surface area contributed by atoms with E-state index in [1.807, 2.05) is 22.2 Å². The summed E-state index contributed by atoms with van der Waals surface area (Å²) in [5.41, 5.74) is 5.80. The van der Waals surface area contributed by atoms with Crippen LogP contribution in [0.15, 0.2) is 60.9 Å². The van der Waals surface area contributed by atoms with Crippen LogP contribution in [-0.2, 0) is 9.59 Å². The zero-order valence-corrected chi connectivity index (χ0v) is 31.4. The van der Waals surface area contributed by atoms with Crippen LogP contribution in [0.4, 0.5) is 9.59 Å². The van der Waals surface area contributed by atoms with Crippen molar-refractivity contribution in [2.24, 2.45) is 23.7 Å². The number of carbonyl (C=O) groups excluding carboxylic acids is 2. The Morgan fingerprint density at radius 2 is 0.964 bits per heavy atom. The largest absolute Gasteiger partial charge is 0.465 e. The van der Waals surface area contributed by atoms with E-state index in [1.54, 1.807) is 0 Å². The number of likely N-dealkylation sites (tertiary alicyclic amines) is 2. The van der Waals surface area contributed by atoms with E-state index < -0.39 is 24.3 Å². The Morgan fingerprint density at radius 1 is 0.607 bits per heavy atom. The van der Waals surface area contributed by atoms with E-state index in [9.17, 15) is 29.4 Å². The number of benzene rings is 2. The molecule has 2 aromatic carbocycles. The van der Waals surface area contributed by atoms with E-state index >= 15 is 0 Å². The van der Waals surface area contributed by atoms with Crippen LogP contribution in [0, 0.1) is 23.7 Å². The van der Waals surface area contributed by atoms with Crippen LogP contribution in [0.2, 0.25) is 0 Å². The van der Waals surface area contributed by atoms with Crippen LogP contribution in [0.5, 0.6) is 0 Å². The lowest BCUT2D eigenvalue weighted by atomic mass is 10.0. The molecule has 8 atom stereocenters. The first-order valence-electron chi connectivity index (χ1n) is 19.9. The van der Waals surface area contributed by atoms with Crippen LogP contribution in [0.3, 0.4) is 0 Å². The van der Waals surface area contributed by atoms with Gasteiger partial charge in [0.15, 0.2) is 0 Å². The van der Waals surface area contributed by atoms with Crippen molar-refractivity contribution in [3.8, 4) is 33.6 Å². The first-order chi connectivity index (χ1) is 27.0. The first-order valence-corrected chi connectivity index (χ1v) is 19.9. The number of rotatable bonds is 11. The molecule has 4 amide bonds. The zero-order valence-electron chi connectivity index (χ0n) is 31.4. The number of nitrogens with one attached hydrogen (secondary N) is 2. The summed E-state index contributed by atoms with van der Waals surface area (Å²) in [4.78, 5) is 74.1. The normalized spacial score (nSPS) is 27.0. The molecule has 56 heavy (non-hydrogen) atoms. The molecule has 2 aromatic heterocycles. The molecule has 2 aliphatic heterocycles. The second kappa shape index (κ2) is 13.0. The molecule has 4 N–H and O–H groups in total. The highest BCUT2D eigenvalue weighted by Gasteiger charge is 2.59. The molecule has 0 spiro atoms. The minimum Gasteiger partial charge on any atom is -0.465 e. The number of hydrogen-bond donors (Lipinski definition) is 4. The number of hydrogen-bond acceptors (Lipinski definition) is 6. The molecule has 2 saturated heterocycles. The fraction of sp³-hybridized carbons (Fsp3) is 0.476. The molecule has 4 aromatic rings. The summed E-state index contributed by atoms with van der Waals surface area (Å²) < 4.78 is 0. The van der Waals surface area contributed by atoms with Gasteiger partial charge in [-0.15, -0.1) is 0 Å². The van der Waals surface area contributed by atoms with Gasteiger partial charge in [-0.1, -0.05) is 48.5 Å². The summed E-state index contributed by atoms with van der Waals surface area (Å²) in [5.74, 6) is 2.34. The minimum absolute atomic E-state index is 0.0839. The van der Waals surface area contributed by atoms with Crippen molar-refractivity contribution in [1.82, 2.24) is 39.5 Å². The fourth-order valence-electron chi connectivity index (χ4n) is 9.76. The molecule has 14 nitrogen and oxygen atoms in total. The maximum Gasteiger partial charge on any atom is 0.407 e. The van der Waals surface area contributed by atoms with Crippen LogP contribution in [-0.4, -0.2) is 112 Å². The Kier molecular flexibility index (Phi) is 8.05. The fourth-order valence-corrected chi connectivity index (χ4v) is 9.76. The number of piperidine rings is 2. The van der Waals surface area contributed by atoms with Crippen molar-refractivity contribution in [3.05, 3.63) is 72.6 Å². The average molecular weight is 759 g/mol. The van der Waals surface area contributed by atoms with Crippen molar-refractivity contribution >= 4 is 24.0 Å². The molecule has 0 unspecified atom stereocenters. The average Bonchev–Trinajstić information content (AvgIpc) is 4.17. The molecule has 0 radical (unpaired) electrons. The van der Waals surface area contributed by atoms with Gasteiger partial charge in [-0.2, -0.15) is 0 Å². The van der Waals surface area contributed by atoms with Gasteiger partial charge in [0, 0.05) is 26.2 Å². The predicted octanol–water partition coefficient (Wildman–Crippen LogP) is 6.23. The number of carbonyl (C=O) groups is 4. The summed E-state index contributed by atoms with van der Waals surface area (Å²) in [6.07, 6.45) is 8.58. The summed E-state index contributed by atoms with van der Waals surface area (Å²) >= 11 is 0. The summed E-state index contributed by atoms with van der Waals surface area (Å²) in [7, 11) is 3.01. The molecule has 0 bridgehead atoms. The van der Waals surface area contributed by atoms with Gasteiger partial charge in [-0.3, -0.25) is 19.4 Å². The van der Waals surface area contributed by atoms with Crippen molar-refractivity contribution < 1.29 is 29.4 Å². The number of aromatic amines is 2. The Labute approximate surface area is 323 Å². The van der Waals surface area contributed by atoms with Gasteiger partial charge in [0.1, 0.15) is 23.7 Å². The quantitative estimate of drug-likeness (QED) is 0.139. The summed E-state index contributed by atoms with van der Waals surface area (Å²) in [5, 5.41) is 19.4. The van der Waals surface area contributed by atoms with Crippen molar-refractivity contribution in [1.29, 1.82) is 0 Å². The van der Waals surface area contributed by atoms with Gasteiger partial charge < -0.3 is 30.0 Å². The third-order valence-electron chi connectivity index (χ3n) is 13.3. The van der Waals surface area contributed by atoms with Gasteiger partial charge in [0.25, 0.3) is 0 Å². The van der Waals surface area contributed by atoms with Gasteiger partial charge >= 0.3 is 12.2 Å². The lowest BCUT2D eigenvalue weighted by Crippen LogP contribution is -2.51. The van der Waals surface area contributed by atoms with Gasteiger partial charge in [0.05, 0.1) is 35.9 Å². The Bertz CT molecular complexity index is 2050. The zero-order chi connectivity index (χ0) is 38.6. The first kappa shape index (κ1) is 34.8. The van der Waals surface area contributed by atoms with E-state index in [0.717, 1.165) is 96.7 Å². The molecule has 290 valence electrons. The van der Waals surface area contributed by atoms with Gasteiger partial charge in [0.2, 0.25) is 11.8 Å². The van der Waals surface area contributed by atoms with E-state index in [0.29, 0.717) is 11.8 Å². The highest BCUT2D eigenvalue weighted by Crippen LogP contribution is 2.55. The number of imidazole rings is 2. The van der Waals surface area contributed by atoms with E-state index in [-0.39, 0.29) is 47.8 Å². The van der Waals surface area contributed by atoms with Crippen molar-refractivity contribution in [3.63, 3.8) is 0 Å². The maximum absolute atomic E-state index is 13.9. The van der Waals surface area contributed by atoms with E-state index in [2.05, 4.69) is 58.5 Å². The monoisotopic (exact) mass is 758 g/mol. The Morgan fingerprint density at radius 3 is 1.30 bits per heavy atom. The summed E-state index contributed by atoms with van der Waals surface area (Å²) in [6, 6.07) is 15.2. The molecular weight excluding hydrogens is 713 g/mol. The second-order valence-electron chi connectivity index (χ2n) is 17.0. The number of likely N-dealkylation sites (N-methyl/N-ethyl adjacent to an activating group) is 2. The molecule has 4 saturated carbocycles. The third-order valence-corrected chi connectivity index (χ3v) is 13.3. The standard InChI is InChI=1S/C42H46N8O6/c1-47(41(53)54)35(25-11-12-25)39(51)49-31-15-27(31)17-33(49)37-43-19-29(45-37)23-7-3-21(4-8-23)22-5-9-24(10-6-22)30-20-44-38(46-30)34-18-28-16-32(28)50(34)40(52)36(26-13-14-26)48(2)42(55)56/h3-10,19-20,25-28,31-36H,11-18H2,1-2H3,(H,43,45)(H,44,46)(H,53,54)(H,55,56)/t27-,28-,31-,32-,33-,34-,35-,36-/m0/s1. The predicted molar refractivity (Wildman–Crippen MR) is 204 cm³/mol. The minimum atomic E-state index is -1.07. The summed E-state index contributed by atoms with van der Waals surface area (Å²) in [6.45, 7) is 0. The Hall–Kier alpha value is -5.66. The third kappa shape index (κ3) is 6.00. The Balaban J connectivity index is 0.814. The highest BCUT2D eigenvalue weighted by molar-refractivity contribution is 5.88. The molecule has 6 fully saturated rings. The molecule has 4 aliphatic carbocycles. The number of amides is 4. The van der Waals surface area contributed by atoms with E-state index in [4.69, 9.17) is 9.97 Å². The van der Waals surface area contributed by atoms with Gasteiger partial charge in [-0.25, -0.2) is 19.6 Å². The lowest BCUT2D eigenvalue weighted by molar-refractivity contribution is -0.139. The number of H-pyrrole nitrogens is 2. The van der Waals surface area contributed by atoms with Crippen molar-refractivity contribution in [2.75, 3.05) is 14.1 Å². The van der Waals surface area contributed by atoms with Crippen LogP contribution in [0.1, 0.15) is 75.1 Å². The van der Waals surface area contributed by atoms with Crippen LogP contribution in [0.25, 0.3) is 33.6 Å². The van der Waals surface area contributed by atoms with Crippen molar-refractivity contribution in [2.45, 2.75) is 87.6 Å². The molecule has 14 heteroatoms. The number of fused-ring (bicyclic) bond motifs is 2. The van der Waals surface area contributed by atoms with Crippen LogP contribution >= 0.6 is 0 Å². The van der Waals surface area contributed by atoms with E-state index in [1.165, 1.54) is 23.9 Å². The number of aromatic nitrogens is 4. The second-order valence-corrected chi connectivity index (χ2v) is 17.0. The van der Waals surface area contributed by atoms with Crippen LogP contribution < -0.4 is 0 Å². The lowest BCUT2D eigenvalue weighted by Gasteiger charge is -2.33. The number of carboxylic acid groups (broad SMARTS) is 2. The SMILES string of the molecule is CN(C(=O)O)[C@H](C(=O)N1[C@H](c2ncc(-c3ccc(-c4ccc(-c5cnc([C@@H]6C[C@@H]7C[C@@H]7N6C(=O)[C@H](C6CC6)N(C)C(=O)O)[nH]5)cc4)cc3)[nH]2)C[C@@H]2C[C@@H]21)C1CC1. The molecular formula is C42H46N8O6. The molecule has 6 aliphatic rings. The molecule has 4 heterocycles.